The fraction of sp³-hybridized carbons (Fsp3) is 0.538. The van der Waals surface area contributed by atoms with Gasteiger partial charge in [0.2, 0.25) is 0 Å². The minimum atomic E-state index is 0.424. The van der Waals surface area contributed by atoms with Crippen LogP contribution < -0.4 is 0 Å². The second-order valence-electron chi connectivity index (χ2n) is 4.52. The lowest BCUT2D eigenvalue weighted by Crippen LogP contribution is -2.22. The molecule has 1 aromatic carbocycles. The Hall–Kier alpha value is -0.380. The van der Waals surface area contributed by atoms with Gasteiger partial charge in [-0.2, -0.15) is 0 Å². The minimum Gasteiger partial charge on any atom is -0.380 e. The lowest BCUT2D eigenvalue weighted by atomic mass is 10.1. The van der Waals surface area contributed by atoms with Crippen LogP contribution in [0.5, 0.6) is 0 Å². The fourth-order valence-electron chi connectivity index (χ4n) is 2.29. The summed E-state index contributed by atoms with van der Waals surface area (Å²) >= 11 is 3.54. The molecule has 0 aliphatic carbocycles. The van der Waals surface area contributed by atoms with Gasteiger partial charge in [0.1, 0.15) is 0 Å². The molecule has 0 spiro atoms. The summed E-state index contributed by atoms with van der Waals surface area (Å²) in [5, 5.41) is 0. The molecule has 1 aliphatic rings. The summed E-state index contributed by atoms with van der Waals surface area (Å²) in [4.78, 5) is 2.45. The second-order valence-corrected chi connectivity index (χ2v) is 5.43. The average molecular weight is 284 g/mol. The van der Waals surface area contributed by atoms with Crippen molar-refractivity contribution in [3.05, 3.63) is 33.8 Å². The van der Waals surface area contributed by atoms with E-state index in [1.165, 1.54) is 15.6 Å². The molecule has 0 aromatic heterocycles. The van der Waals surface area contributed by atoms with Crippen molar-refractivity contribution < 1.29 is 4.74 Å². The molecule has 0 amide bonds. The van der Waals surface area contributed by atoms with Crippen LogP contribution in [0.1, 0.15) is 17.5 Å². The Bertz CT molecular complexity index is 347. The first-order valence-corrected chi connectivity index (χ1v) is 6.48. The van der Waals surface area contributed by atoms with Gasteiger partial charge in [0, 0.05) is 31.2 Å². The number of ether oxygens (including phenoxy) is 1. The molecular weight excluding hydrogens is 266 g/mol. The number of aryl methyl sites for hydroxylation is 1. The third-order valence-electron chi connectivity index (χ3n) is 3.07. The molecule has 1 heterocycles. The molecule has 1 saturated heterocycles. The number of halogens is 1. The molecular formula is C13H18BrNO. The normalized spacial score (nSPS) is 21.6. The highest BCUT2D eigenvalue weighted by atomic mass is 79.9. The van der Waals surface area contributed by atoms with Gasteiger partial charge in [-0.3, -0.25) is 4.90 Å². The number of rotatable bonds is 3. The van der Waals surface area contributed by atoms with Crippen LogP contribution in [0.15, 0.2) is 22.7 Å². The Morgan fingerprint density at radius 2 is 2.25 bits per heavy atom. The van der Waals surface area contributed by atoms with Gasteiger partial charge in [0.15, 0.2) is 0 Å². The maximum absolute atomic E-state index is 5.38. The SMILES string of the molecule is COC1CCN(Cc2cc(C)cc(Br)c2)C1. The van der Waals surface area contributed by atoms with Gasteiger partial charge in [-0.25, -0.2) is 0 Å². The molecule has 0 bridgehead atoms. The van der Waals surface area contributed by atoms with Crippen molar-refractivity contribution in [1.29, 1.82) is 0 Å². The van der Waals surface area contributed by atoms with Gasteiger partial charge in [0.25, 0.3) is 0 Å². The monoisotopic (exact) mass is 283 g/mol. The van der Waals surface area contributed by atoms with Crippen molar-refractivity contribution in [2.75, 3.05) is 20.2 Å². The third-order valence-corrected chi connectivity index (χ3v) is 3.53. The molecule has 2 nitrogen and oxygen atoms in total. The Balaban J connectivity index is 1.99. The Morgan fingerprint density at radius 1 is 1.44 bits per heavy atom. The molecule has 1 aliphatic heterocycles. The van der Waals surface area contributed by atoms with Crippen LogP contribution >= 0.6 is 15.9 Å². The van der Waals surface area contributed by atoms with Crippen molar-refractivity contribution in [2.24, 2.45) is 0 Å². The van der Waals surface area contributed by atoms with Crippen LogP contribution in [0, 0.1) is 6.92 Å². The van der Waals surface area contributed by atoms with Gasteiger partial charge in [-0.1, -0.05) is 22.0 Å². The second kappa shape index (κ2) is 5.30. The van der Waals surface area contributed by atoms with Crippen LogP contribution in [0.3, 0.4) is 0 Å². The molecule has 2 rings (SSSR count). The van der Waals surface area contributed by atoms with Gasteiger partial charge in [-0.05, 0) is 36.6 Å². The lowest BCUT2D eigenvalue weighted by Gasteiger charge is -2.16. The summed E-state index contributed by atoms with van der Waals surface area (Å²) in [7, 11) is 1.80. The fourth-order valence-corrected chi connectivity index (χ4v) is 2.95. The maximum Gasteiger partial charge on any atom is 0.0710 e. The van der Waals surface area contributed by atoms with Crippen molar-refractivity contribution in [3.8, 4) is 0 Å². The van der Waals surface area contributed by atoms with Gasteiger partial charge >= 0.3 is 0 Å². The summed E-state index contributed by atoms with van der Waals surface area (Å²) in [6, 6.07) is 6.60. The van der Waals surface area contributed by atoms with Crippen molar-refractivity contribution >= 4 is 15.9 Å². The van der Waals surface area contributed by atoms with Crippen molar-refractivity contribution in [3.63, 3.8) is 0 Å². The number of benzene rings is 1. The van der Waals surface area contributed by atoms with E-state index in [9.17, 15) is 0 Å². The van der Waals surface area contributed by atoms with Crippen LogP contribution in [0.2, 0.25) is 0 Å². The zero-order valence-corrected chi connectivity index (χ0v) is 11.5. The Kier molecular flexibility index (Phi) is 4.00. The van der Waals surface area contributed by atoms with Crippen LogP contribution in [0.25, 0.3) is 0 Å². The topological polar surface area (TPSA) is 12.5 Å². The summed E-state index contributed by atoms with van der Waals surface area (Å²) in [6.45, 7) is 5.36. The number of nitrogens with zero attached hydrogens (tertiary/aromatic N) is 1. The summed E-state index contributed by atoms with van der Waals surface area (Å²) in [5.74, 6) is 0. The van der Waals surface area contributed by atoms with E-state index in [2.05, 4.69) is 46.0 Å². The largest absolute Gasteiger partial charge is 0.380 e. The minimum absolute atomic E-state index is 0.424. The molecule has 1 atom stereocenters. The first kappa shape index (κ1) is 12.1. The number of methoxy groups -OCH3 is 1. The first-order valence-electron chi connectivity index (χ1n) is 5.68. The predicted octanol–water partition coefficient (Wildman–Crippen LogP) is 2.98. The number of hydrogen-bond donors (Lipinski definition) is 0. The molecule has 3 heteroatoms. The van der Waals surface area contributed by atoms with Gasteiger partial charge in [-0.15, -0.1) is 0 Å². The zero-order valence-electron chi connectivity index (χ0n) is 9.87. The predicted molar refractivity (Wildman–Crippen MR) is 69.6 cm³/mol. The van der Waals surface area contributed by atoms with E-state index in [1.807, 2.05) is 0 Å². The number of likely N-dealkylation sites (tertiary alicyclic amines) is 1. The molecule has 0 saturated carbocycles. The highest BCUT2D eigenvalue weighted by Gasteiger charge is 2.21. The quantitative estimate of drug-likeness (QED) is 0.846. The van der Waals surface area contributed by atoms with E-state index in [4.69, 9.17) is 4.74 Å². The molecule has 0 N–H and O–H groups in total. The zero-order chi connectivity index (χ0) is 11.5. The standard InChI is InChI=1S/C13H18BrNO/c1-10-5-11(7-12(14)6-10)8-15-4-3-13(9-15)16-2/h5-7,13H,3-4,8-9H2,1-2H3. The van der Waals surface area contributed by atoms with Crippen molar-refractivity contribution in [2.45, 2.75) is 26.0 Å². The van der Waals surface area contributed by atoms with Gasteiger partial charge < -0.3 is 4.74 Å². The molecule has 16 heavy (non-hydrogen) atoms. The lowest BCUT2D eigenvalue weighted by molar-refractivity contribution is 0.107. The van der Waals surface area contributed by atoms with E-state index in [0.717, 1.165) is 26.1 Å². The molecule has 1 unspecified atom stereocenters. The highest BCUT2D eigenvalue weighted by molar-refractivity contribution is 9.10. The Morgan fingerprint density at radius 3 is 2.88 bits per heavy atom. The van der Waals surface area contributed by atoms with E-state index in [0.29, 0.717) is 6.10 Å². The van der Waals surface area contributed by atoms with Gasteiger partial charge in [0.05, 0.1) is 6.10 Å². The van der Waals surface area contributed by atoms with E-state index in [-0.39, 0.29) is 0 Å². The molecule has 88 valence electrons. The molecule has 1 fully saturated rings. The van der Waals surface area contributed by atoms with Crippen LogP contribution in [-0.4, -0.2) is 31.2 Å². The number of hydrogen-bond acceptors (Lipinski definition) is 2. The van der Waals surface area contributed by atoms with Crippen LogP contribution in [-0.2, 0) is 11.3 Å². The first-order chi connectivity index (χ1) is 7.67. The van der Waals surface area contributed by atoms with E-state index >= 15 is 0 Å². The summed E-state index contributed by atoms with van der Waals surface area (Å²) in [5.41, 5.74) is 2.69. The van der Waals surface area contributed by atoms with Crippen molar-refractivity contribution in [1.82, 2.24) is 4.90 Å². The molecule has 1 aromatic rings. The third kappa shape index (κ3) is 3.06. The maximum atomic E-state index is 5.38. The highest BCUT2D eigenvalue weighted by Crippen LogP contribution is 2.19. The van der Waals surface area contributed by atoms with E-state index in [1.54, 1.807) is 7.11 Å². The summed E-state index contributed by atoms with van der Waals surface area (Å²) in [6.07, 6.45) is 1.58. The van der Waals surface area contributed by atoms with E-state index < -0.39 is 0 Å². The summed E-state index contributed by atoms with van der Waals surface area (Å²) < 4.78 is 6.55. The average Bonchev–Trinajstić information content (AvgIpc) is 2.64. The Labute approximate surface area is 106 Å². The smallest absolute Gasteiger partial charge is 0.0710 e. The van der Waals surface area contributed by atoms with Crippen LogP contribution in [0.4, 0.5) is 0 Å². The molecule has 0 radical (unpaired) electrons.